The Bertz CT molecular complexity index is 201. The molecule has 2 nitrogen and oxygen atoms in total. The summed E-state index contributed by atoms with van der Waals surface area (Å²) in [5.74, 6) is 1.76. The highest BCUT2D eigenvalue weighted by molar-refractivity contribution is 4.81. The van der Waals surface area contributed by atoms with Gasteiger partial charge in [-0.1, -0.05) is 46.5 Å². The molecule has 0 saturated carbocycles. The van der Waals surface area contributed by atoms with E-state index in [0.29, 0.717) is 0 Å². The van der Waals surface area contributed by atoms with Crippen LogP contribution in [-0.2, 0) is 4.74 Å². The van der Waals surface area contributed by atoms with Crippen molar-refractivity contribution >= 4 is 0 Å². The molecular weight excluding hydrogens is 234 g/mol. The van der Waals surface area contributed by atoms with Crippen LogP contribution in [-0.4, -0.2) is 25.8 Å². The first-order valence-corrected chi connectivity index (χ1v) is 8.62. The lowest BCUT2D eigenvalue weighted by Gasteiger charge is -2.33. The Kier molecular flexibility index (Phi) is 9.54. The van der Waals surface area contributed by atoms with Gasteiger partial charge in [-0.05, 0) is 44.1 Å². The predicted octanol–water partition coefficient (Wildman–Crippen LogP) is 4.39. The van der Waals surface area contributed by atoms with Gasteiger partial charge in [-0.3, -0.25) is 0 Å². The molecule has 0 aromatic heterocycles. The standard InChI is InChI=1S/C17H35NO/c1-4-7-8-15(6-3)14-17(18-11-5-2)16-9-12-19-13-10-16/h15-18H,4-14H2,1-3H3. The monoisotopic (exact) mass is 269 g/mol. The Hall–Kier alpha value is -0.0800. The summed E-state index contributed by atoms with van der Waals surface area (Å²) in [7, 11) is 0. The molecule has 0 aliphatic carbocycles. The highest BCUT2D eigenvalue weighted by Gasteiger charge is 2.25. The molecule has 0 amide bonds. The summed E-state index contributed by atoms with van der Waals surface area (Å²) in [4.78, 5) is 0. The fourth-order valence-electron chi connectivity index (χ4n) is 3.23. The Labute approximate surface area is 120 Å². The van der Waals surface area contributed by atoms with E-state index in [-0.39, 0.29) is 0 Å². The van der Waals surface area contributed by atoms with E-state index in [1.165, 1.54) is 57.9 Å². The van der Waals surface area contributed by atoms with Gasteiger partial charge in [-0.2, -0.15) is 0 Å². The SMILES string of the molecule is CCCCC(CC)CC(NCCC)C1CCOCC1. The first kappa shape index (κ1) is 17.0. The van der Waals surface area contributed by atoms with Crippen molar-refractivity contribution in [2.75, 3.05) is 19.8 Å². The smallest absolute Gasteiger partial charge is 0.0469 e. The van der Waals surface area contributed by atoms with E-state index in [0.717, 1.165) is 31.1 Å². The number of rotatable bonds is 10. The minimum absolute atomic E-state index is 0.727. The van der Waals surface area contributed by atoms with Gasteiger partial charge >= 0.3 is 0 Å². The average Bonchev–Trinajstić information content (AvgIpc) is 2.47. The number of hydrogen-bond donors (Lipinski definition) is 1. The van der Waals surface area contributed by atoms with Crippen LogP contribution in [0.1, 0.15) is 72.1 Å². The van der Waals surface area contributed by atoms with Crippen LogP contribution in [0.5, 0.6) is 0 Å². The zero-order valence-electron chi connectivity index (χ0n) is 13.4. The highest BCUT2D eigenvalue weighted by Crippen LogP contribution is 2.27. The Morgan fingerprint density at radius 3 is 2.42 bits per heavy atom. The van der Waals surface area contributed by atoms with Crippen LogP contribution >= 0.6 is 0 Å². The maximum absolute atomic E-state index is 5.52. The third-order valence-electron chi connectivity index (χ3n) is 4.62. The molecule has 0 spiro atoms. The van der Waals surface area contributed by atoms with Crippen molar-refractivity contribution in [1.29, 1.82) is 0 Å². The van der Waals surface area contributed by atoms with Crippen LogP contribution in [0.15, 0.2) is 0 Å². The summed E-state index contributed by atoms with van der Waals surface area (Å²) >= 11 is 0. The Morgan fingerprint density at radius 1 is 1.11 bits per heavy atom. The molecule has 2 heteroatoms. The molecule has 1 aliphatic rings. The highest BCUT2D eigenvalue weighted by atomic mass is 16.5. The minimum Gasteiger partial charge on any atom is -0.381 e. The summed E-state index contributed by atoms with van der Waals surface area (Å²) in [5.41, 5.74) is 0. The molecule has 0 aromatic carbocycles. The van der Waals surface area contributed by atoms with Crippen molar-refractivity contribution in [2.24, 2.45) is 11.8 Å². The maximum Gasteiger partial charge on any atom is 0.0469 e. The lowest BCUT2D eigenvalue weighted by Crippen LogP contribution is -2.40. The summed E-state index contributed by atoms with van der Waals surface area (Å²) in [6, 6.07) is 0.727. The van der Waals surface area contributed by atoms with Gasteiger partial charge in [-0.25, -0.2) is 0 Å². The fraction of sp³-hybridized carbons (Fsp3) is 1.00. The topological polar surface area (TPSA) is 21.3 Å². The van der Waals surface area contributed by atoms with Gasteiger partial charge in [0.15, 0.2) is 0 Å². The molecule has 2 unspecified atom stereocenters. The second kappa shape index (κ2) is 10.7. The predicted molar refractivity (Wildman–Crippen MR) is 83.5 cm³/mol. The minimum atomic E-state index is 0.727. The van der Waals surface area contributed by atoms with Crippen molar-refractivity contribution in [3.05, 3.63) is 0 Å². The van der Waals surface area contributed by atoms with Crippen LogP contribution in [0.2, 0.25) is 0 Å². The number of unbranched alkanes of at least 4 members (excludes halogenated alkanes) is 1. The Morgan fingerprint density at radius 2 is 1.84 bits per heavy atom. The Balaban J connectivity index is 2.45. The van der Waals surface area contributed by atoms with Crippen molar-refractivity contribution in [2.45, 2.75) is 78.2 Å². The van der Waals surface area contributed by atoms with Crippen LogP contribution in [0.3, 0.4) is 0 Å². The average molecular weight is 269 g/mol. The lowest BCUT2D eigenvalue weighted by atomic mass is 9.83. The number of hydrogen-bond acceptors (Lipinski definition) is 2. The van der Waals surface area contributed by atoms with Crippen molar-refractivity contribution in [1.82, 2.24) is 5.32 Å². The molecule has 19 heavy (non-hydrogen) atoms. The third kappa shape index (κ3) is 6.76. The van der Waals surface area contributed by atoms with Gasteiger partial charge in [0.05, 0.1) is 0 Å². The molecule has 1 heterocycles. The van der Waals surface area contributed by atoms with Crippen LogP contribution in [0, 0.1) is 11.8 Å². The van der Waals surface area contributed by atoms with E-state index in [2.05, 4.69) is 26.1 Å². The van der Waals surface area contributed by atoms with Crippen molar-refractivity contribution in [3.8, 4) is 0 Å². The molecule has 1 rings (SSSR count). The summed E-state index contributed by atoms with van der Waals surface area (Å²) in [6.45, 7) is 10.1. The lowest BCUT2D eigenvalue weighted by molar-refractivity contribution is 0.0497. The van der Waals surface area contributed by atoms with Crippen molar-refractivity contribution < 1.29 is 4.74 Å². The van der Waals surface area contributed by atoms with Gasteiger partial charge in [0.25, 0.3) is 0 Å². The van der Waals surface area contributed by atoms with E-state index in [9.17, 15) is 0 Å². The summed E-state index contributed by atoms with van der Waals surface area (Å²) in [5, 5.41) is 3.82. The van der Waals surface area contributed by atoms with E-state index in [1.807, 2.05) is 0 Å². The molecule has 1 aliphatic heterocycles. The summed E-state index contributed by atoms with van der Waals surface area (Å²) < 4.78 is 5.52. The first-order valence-electron chi connectivity index (χ1n) is 8.62. The quantitative estimate of drug-likeness (QED) is 0.635. The van der Waals surface area contributed by atoms with Crippen LogP contribution in [0.4, 0.5) is 0 Å². The molecule has 2 atom stereocenters. The zero-order chi connectivity index (χ0) is 13.9. The molecule has 1 saturated heterocycles. The zero-order valence-corrected chi connectivity index (χ0v) is 13.4. The van der Waals surface area contributed by atoms with Gasteiger partial charge < -0.3 is 10.1 Å². The number of nitrogens with one attached hydrogen (secondary N) is 1. The molecule has 0 aromatic rings. The normalized spacial score (nSPS) is 20.4. The molecule has 0 bridgehead atoms. The van der Waals surface area contributed by atoms with E-state index < -0.39 is 0 Å². The molecular formula is C17H35NO. The second-order valence-electron chi connectivity index (χ2n) is 6.16. The van der Waals surface area contributed by atoms with Gasteiger partial charge in [0, 0.05) is 19.3 Å². The van der Waals surface area contributed by atoms with Crippen LogP contribution in [0.25, 0.3) is 0 Å². The summed E-state index contributed by atoms with van der Waals surface area (Å²) in [6.07, 6.45) is 10.6. The van der Waals surface area contributed by atoms with E-state index in [4.69, 9.17) is 4.74 Å². The third-order valence-corrected chi connectivity index (χ3v) is 4.62. The van der Waals surface area contributed by atoms with Gasteiger partial charge in [0.2, 0.25) is 0 Å². The first-order chi connectivity index (χ1) is 9.31. The van der Waals surface area contributed by atoms with Crippen LogP contribution < -0.4 is 5.32 Å². The maximum atomic E-state index is 5.52. The second-order valence-corrected chi connectivity index (χ2v) is 6.16. The molecule has 0 radical (unpaired) electrons. The molecule has 114 valence electrons. The van der Waals surface area contributed by atoms with Gasteiger partial charge in [-0.15, -0.1) is 0 Å². The van der Waals surface area contributed by atoms with E-state index >= 15 is 0 Å². The van der Waals surface area contributed by atoms with Crippen molar-refractivity contribution in [3.63, 3.8) is 0 Å². The molecule has 1 N–H and O–H groups in total. The van der Waals surface area contributed by atoms with E-state index in [1.54, 1.807) is 0 Å². The largest absolute Gasteiger partial charge is 0.381 e. The number of ether oxygens (including phenoxy) is 1. The molecule has 1 fully saturated rings. The van der Waals surface area contributed by atoms with Gasteiger partial charge in [0.1, 0.15) is 0 Å². The fourth-order valence-corrected chi connectivity index (χ4v) is 3.23.